The minimum atomic E-state index is -1.32. The predicted molar refractivity (Wildman–Crippen MR) is 95.7 cm³/mol. The number of carbonyl (C=O) groups is 2. The molecule has 0 aliphatic carbocycles. The second-order valence-corrected chi connectivity index (χ2v) is 6.89. The SMILES string of the molecule is CC(=O)N(C)c1ccc(S(=O)c2ccc(N(C)C(C)=O)cc2)cc1. The Morgan fingerprint density at radius 2 is 1.00 bits per heavy atom. The molecule has 0 aromatic heterocycles. The highest BCUT2D eigenvalue weighted by atomic mass is 32.2. The molecule has 5 nitrogen and oxygen atoms in total. The highest BCUT2D eigenvalue weighted by molar-refractivity contribution is 7.85. The Bertz CT molecular complexity index is 704. The van der Waals surface area contributed by atoms with Crippen LogP contribution >= 0.6 is 0 Å². The van der Waals surface area contributed by atoms with Crippen LogP contribution in [0.2, 0.25) is 0 Å². The van der Waals surface area contributed by atoms with Crippen molar-refractivity contribution in [1.29, 1.82) is 0 Å². The van der Waals surface area contributed by atoms with Gasteiger partial charge in [0.1, 0.15) is 0 Å². The number of anilines is 2. The first-order valence-electron chi connectivity index (χ1n) is 7.41. The number of carbonyl (C=O) groups excluding carboxylic acids is 2. The van der Waals surface area contributed by atoms with Crippen molar-refractivity contribution in [2.24, 2.45) is 0 Å². The van der Waals surface area contributed by atoms with E-state index in [-0.39, 0.29) is 11.8 Å². The van der Waals surface area contributed by atoms with Crippen LogP contribution in [0.15, 0.2) is 58.3 Å². The van der Waals surface area contributed by atoms with E-state index in [1.54, 1.807) is 62.6 Å². The van der Waals surface area contributed by atoms with Gasteiger partial charge in [-0.2, -0.15) is 0 Å². The van der Waals surface area contributed by atoms with Crippen LogP contribution in [0.4, 0.5) is 11.4 Å². The summed E-state index contributed by atoms with van der Waals surface area (Å²) < 4.78 is 12.6. The van der Waals surface area contributed by atoms with E-state index >= 15 is 0 Å². The molecule has 0 saturated carbocycles. The normalized spacial score (nSPS) is 10.5. The maximum Gasteiger partial charge on any atom is 0.223 e. The zero-order chi connectivity index (χ0) is 17.9. The van der Waals surface area contributed by atoms with Crippen molar-refractivity contribution in [3.63, 3.8) is 0 Å². The van der Waals surface area contributed by atoms with E-state index in [4.69, 9.17) is 0 Å². The van der Waals surface area contributed by atoms with Gasteiger partial charge in [0.25, 0.3) is 0 Å². The minimum absolute atomic E-state index is 0.0611. The summed E-state index contributed by atoms with van der Waals surface area (Å²) in [7, 11) is 2.07. The number of amides is 2. The molecular formula is C18H20N2O3S. The van der Waals surface area contributed by atoms with Crippen LogP contribution in [0.25, 0.3) is 0 Å². The van der Waals surface area contributed by atoms with Gasteiger partial charge in [0.2, 0.25) is 11.8 Å². The van der Waals surface area contributed by atoms with Gasteiger partial charge < -0.3 is 9.80 Å². The maximum atomic E-state index is 12.6. The highest BCUT2D eigenvalue weighted by Crippen LogP contribution is 2.22. The summed E-state index contributed by atoms with van der Waals surface area (Å²) in [5, 5.41) is 0. The van der Waals surface area contributed by atoms with E-state index in [1.165, 1.54) is 23.6 Å². The van der Waals surface area contributed by atoms with Gasteiger partial charge in [-0.3, -0.25) is 9.59 Å². The Hall–Kier alpha value is -2.47. The topological polar surface area (TPSA) is 57.7 Å². The van der Waals surface area contributed by atoms with Gasteiger partial charge >= 0.3 is 0 Å². The molecular weight excluding hydrogens is 324 g/mol. The lowest BCUT2D eigenvalue weighted by Gasteiger charge is -2.16. The second-order valence-electron chi connectivity index (χ2n) is 5.41. The summed E-state index contributed by atoms with van der Waals surface area (Å²) in [4.78, 5) is 27.1. The molecule has 0 heterocycles. The summed E-state index contributed by atoms with van der Waals surface area (Å²) >= 11 is 0. The minimum Gasteiger partial charge on any atom is -0.316 e. The molecule has 0 fully saturated rings. The van der Waals surface area contributed by atoms with Crippen LogP contribution in [0.5, 0.6) is 0 Å². The number of benzene rings is 2. The second kappa shape index (κ2) is 7.40. The van der Waals surface area contributed by atoms with Crippen molar-refractivity contribution in [3.8, 4) is 0 Å². The highest BCUT2D eigenvalue weighted by Gasteiger charge is 2.11. The number of hydrogen-bond donors (Lipinski definition) is 0. The molecule has 126 valence electrons. The van der Waals surface area contributed by atoms with Gasteiger partial charge in [0.05, 0.1) is 10.8 Å². The molecule has 0 aliphatic rings. The molecule has 0 atom stereocenters. The van der Waals surface area contributed by atoms with E-state index in [0.29, 0.717) is 9.79 Å². The lowest BCUT2D eigenvalue weighted by Crippen LogP contribution is -2.22. The van der Waals surface area contributed by atoms with Gasteiger partial charge in [-0.1, -0.05) is 0 Å². The predicted octanol–water partition coefficient (Wildman–Crippen LogP) is 2.82. The monoisotopic (exact) mass is 344 g/mol. The molecule has 2 amide bonds. The average molecular weight is 344 g/mol. The first-order chi connectivity index (χ1) is 11.3. The Balaban J connectivity index is 2.20. The van der Waals surface area contributed by atoms with Crippen molar-refractivity contribution in [3.05, 3.63) is 48.5 Å². The van der Waals surface area contributed by atoms with Crippen LogP contribution in [0, 0.1) is 0 Å². The summed E-state index contributed by atoms with van der Waals surface area (Å²) in [6, 6.07) is 14.1. The van der Waals surface area contributed by atoms with E-state index in [9.17, 15) is 13.8 Å². The van der Waals surface area contributed by atoms with E-state index < -0.39 is 10.8 Å². The molecule has 0 spiro atoms. The Morgan fingerprint density at radius 3 is 1.25 bits per heavy atom. The Labute approximate surface area is 144 Å². The average Bonchev–Trinajstić information content (AvgIpc) is 2.60. The number of nitrogens with zero attached hydrogens (tertiary/aromatic N) is 2. The first-order valence-corrected chi connectivity index (χ1v) is 8.56. The molecule has 0 unspecified atom stereocenters. The van der Waals surface area contributed by atoms with Crippen LogP contribution in [-0.4, -0.2) is 30.1 Å². The molecule has 0 bridgehead atoms. The molecule has 0 N–H and O–H groups in total. The Kier molecular flexibility index (Phi) is 5.51. The van der Waals surface area contributed by atoms with E-state index in [2.05, 4.69) is 0 Å². The third-order valence-corrected chi connectivity index (χ3v) is 5.22. The zero-order valence-corrected chi connectivity index (χ0v) is 15.0. The van der Waals surface area contributed by atoms with Crippen molar-refractivity contribution in [1.82, 2.24) is 0 Å². The van der Waals surface area contributed by atoms with Crippen molar-refractivity contribution in [2.75, 3.05) is 23.9 Å². The lowest BCUT2D eigenvalue weighted by molar-refractivity contribution is -0.117. The zero-order valence-electron chi connectivity index (χ0n) is 14.1. The largest absolute Gasteiger partial charge is 0.316 e. The summed E-state index contributed by atoms with van der Waals surface area (Å²) in [5.74, 6) is -0.122. The van der Waals surface area contributed by atoms with Crippen LogP contribution in [-0.2, 0) is 20.4 Å². The van der Waals surface area contributed by atoms with E-state index in [1.807, 2.05) is 0 Å². The standard InChI is InChI=1S/C18H20N2O3S/c1-13(21)19(3)15-5-9-17(10-6-15)24(23)18-11-7-16(8-12-18)20(4)14(2)22/h5-12H,1-4H3. The molecule has 2 aromatic carbocycles. The van der Waals surface area contributed by atoms with Crippen LogP contribution in [0.3, 0.4) is 0 Å². The van der Waals surface area contributed by atoms with Gasteiger partial charge in [-0.05, 0) is 48.5 Å². The van der Waals surface area contributed by atoms with Gasteiger partial charge in [0, 0.05) is 49.1 Å². The fourth-order valence-electron chi connectivity index (χ4n) is 2.09. The van der Waals surface area contributed by atoms with Crippen LogP contribution in [0.1, 0.15) is 13.8 Å². The molecule has 0 aliphatic heterocycles. The number of rotatable bonds is 4. The quantitative estimate of drug-likeness (QED) is 0.857. The summed E-state index contributed by atoms with van der Waals surface area (Å²) in [6.45, 7) is 2.98. The fraction of sp³-hybridized carbons (Fsp3) is 0.222. The van der Waals surface area contributed by atoms with Crippen molar-refractivity contribution >= 4 is 34.0 Å². The third kappa shape index (κ3) is 3.89. The molecule has 24 heavy (non-hydrogen) atoms. The fourth-order valence-corrected chi connectivity index (χ4v) is 3.13. The number of hydrogen-bond acceptors (Lipinski definition) is 3. The van der Waals surface area contributed by atoms with Gasteiger partial charge in [-0.15, -0.1) is 0 Å². The van der Waals surface area contributed by atoms with E-state index in [0.717, 1.165) is 11.4 Å². The Morgan fingerprint density at radius 1 is 0.708 bits per heavy atom. The summed E-state index contributed by atoms with van der Waals surface area (Å²) in [5.41, 5.74) is 1.50. The van der Waals surface area contributed by atoms with Crippen molar-refractivity contribution in [2.45, 2.75) is 23.6 Å². The van der Waals surface area contributed by atoms with Crippen LogP contribution < -0.4 is 9.80 Å². The summed E-state index contributed by atoms with van der Waals surface area (Å²) in [6.07, 6.45) is 0. The first kappa shape index (κ1) is 17.9. The smallest absolute Gasteiger partial charge is 0.223 e. The molecule has 2 rings (SSSR count). The molecule has 6 heteroatoms. The van der Waals surface area contributed by atoms with Gasteiger partial charge in [-0.25, -0.2) is 4.21 Å². The lowest BCUT2D eigenvalue weighted by atomic mass is 10.3. The van der Waals surface area contributed by atoms with Crippen molar-refractivity contribution < 1.29 is 13.8 Å². The molecule has 0 saturated heterocycles. The third-order valence-electron chi connectivity index (χ3n) is 3.82. The maximum absolute atomic E-state index is 12.6. The molecule has 2 aromatic rings. The van der Waals surface area contributed by atoms with Gasteiger partial charge in [0.15, 0.2) is 0 Å². The molecule has 0 radical (unpaired) electrons.